The van der Waals surface area contributed by atoms with E-state index in [0.717, 1.165) is 23.6 Å². The molecule has 1 aliphatic rings. The molecule has 1 aliphatic carbocycles. The fraction of sp³-hybridized carbons (Fsp3) is 0.200. The molecule has 6 heteroatoms. The summed E-state index contributed by atoms with van der Waals surface area (Å²) < 4.78 is 0. The van der Waals surface area contributed by atoms with Crippen molar-refractivity contribution >= 4 is 29.0 Å². The summed E-state index contributed by atoms with van der Waals surface area (Å²) in [6.45, 7) is 0. The van der Waals surface area contributed by atoms with Crippen molar-refractivity contribution in [2.45, 2.75) is 12.8 Å². The quantitative estimate of drug-likeness (QED) is 0.800. The lowest BCUT2D eigenvalue weighted by atomic mass is 10.1. The molecule has 0 unspecified atom stereocenters. The van der Waals surface area contributed by atoms with Gasteiger partial charge < -0.3 is 10.4 Å². The summed E-state index contributed by atoms with van der Waals surface area (Å²) in [5, 5.41) is 13.4. The van der Waals surface area contributed by atoms with Crippen molar-refractivity contribution in [3.63, 3.8) is 0 Å². The second-order valence-electron chi connectivity index (χ2n) is 3.30. The van der Waals surface area contributed by atoms with Crippen LogP contribution in [0.15, 0.2) is 29.1 Å². The van der Waals surface area contributed by atoms with Crippen LogP contribution in [0.4, 0.5) is 5.82 Å². The van der Waals surface area contributed by atoms with Crippen LogP contribution in [0, 0.1) is 0 Å². The van der Waals surface area contributed by atoms with E-state index in [1.807, 2.05) is 12.2 Å². The molecule has 0 spiro atoms. The zero-order valence-electron chi connectivity index (χ0n) is 8.24. The normalized spacial score (nSPS) is 15.4. The van der Waals surface area contributed by atoms with Crippen LogP contribution in [0.2, 0.25) is 5.28 Å². The molecule has 0 atom stereocenters. The maximum Gasteiger partial charge on any atom is 0.224 e. The molecule has 1 aromatic rings. The van der Waals surface area contributed by atoms with Crippen LogP contribution in [-0.2, 0) is 0 Å². The molecule has 2 rings (SSSR count). The monoisotopic (exact) mass is 257 g/mol. The van der Waals surface area contributed by atoms with Crippen LogP contribution < -0.4 is 5.32 Å². The van der Waals surface area contributed by atoms with Gasteiger partial charge in [0.05, 0.1) is 6.20 Å². The molecule has 0 aliphatic heterocycles. The van der Waals surface area contributed by atoms with Gasteiger partial charge in [0, 0.05) is 10.7 Å². The van der Waals surface area contributed by atoms with Gasteiger partial charge in [0.1, 0.15) is 0 Å². The average molecular weight is 258 g/mol. The van der Waals surface area contributed by atoms with Gasteiger partial charge in [-0.25, -0.2) is 4.98 Å². The Hall–Kier alpha value is -1.26. The Morgan fingerprint density at radius 2 is 2.06 bits per heavy atom. The van der Waals surface area contributed by atoms with Crippen molar-refractivity contribution in [1.29, 1.82) is 0 Å². The van der Waals surface area contributed by atoms with Crippen LogP contribution in [-0.4, -0.2) is 15.1 Å². The van der Waals surface area contributed by atoms with Gasteiger partial charge in [-0.15, -0.1) is 0 Å². The minimum Gasteiger partial charge on any atom is -0.503 e. The molecular formula is C10H9Cl2N3O. The van der Waals surface area contributed by atoms with Crippen LogP contribution in [0.5, 0.6) is 5.75 Å². The van der Waals surface area contributed by atoms with E-state index in [1.165, 1.54) is 6.20 Å². The molecule has 0 saturated heterocycles. The molecule has 16 heavy (non-hydrogen) atoms. The van der Waals surface area contributed by atoms with Crippen LogP contribution in [0.1, 0.15) is 12.8 Å². The zero-order chi connectivity index (χ0) is 11.5. The van der Waals surface area contributed by atoms with Gasteiger partial charge in [0.25, 0.3) is 0 Å². The van der Waals surface area contributed by atoms with Gasteiger partial charge in [-0.2, -0.15) is 4.98 Å². The molecule has 1 heterocycles. The Morgan fingerprint density at radius 1 is 1.25 bits per heavy atom. The number of hydrogen-bond donors (Lipinski definition) is 2. The highest BCUT2D eigenvalue weighted by Gasteiger charge is 2.09. The molecule has 0 saturated carbocycles. The summed E-state index contributed by atoms with van der Waals surface area (Å²) in [5.41, 5.74) is 0.925. The molecule has 0 aromatic carbocycles. The summed E-state index contributed by atoms with van der Waals surface area (Å²) >= 11 is 11.5. The van der Waals surface area contributed by atoms with Crippen molar-refractivity contribution in [1.82, 2.24) is 9.97 Å². The highest BCUT2D eigenvalue weighted by Crippen LogP contribution is 2.26. The lowest BCUT2D eigenvalue weighted by Crippen LogP contribution is -2.04. The molecule has 0 bridgehead atoms. The second-order valence-corrected chi connectivity index (χ2v) is 4.13. The number of halogens is 2. The van der Waals surface area contributed by atoms with Crippen molar-refractivity contribution < 1.29 is 5.11 Å². The van der Waals surface area contributed by atoms with E-state index in [4.69, 9.17) is 23.2 Å². The number of allylic oxidation sites excluding steroid dienone is 4. The molecule has 0 radical (unpaired) electrons. The van der Waals surface area contributed by atoms with Crippen LogP contribution in [0.3, 0.4) is 0 Å². The lowest BCUT2D eigenvalue weighted by molar-refractivity contribution is 0.472. The average Bonchev–Trinajstić information content (AvgIpc) is 2.27. The first-order valence-electron chi connectivity index (χ1n) is 4.69. The topological polar surface area (TPSA) is 58.0 Å². The maximum absolute atomic E-state index is 9.50. The smallest absolute Gasteiger partial charge is 0.224 e. The van der Waals surface area contributed by atoms with Gasteiger partial charge in [-0.3, -0.25) is 0 Å². The van der Waals surface area contributed by atoms with Gasteiger partial charge in [0.2, 0.25) is 5.28 Å². The van der Waals surface area contributed by atoms with E-state index in [0.29, 0.717) is 5.82 Å². The van der Waals surface area contributed by atoms with Gasteiger partial charge in [-0.1, -0.05) is 11.6 Å². The zero-order valence-corrected chi connectivity index (χ0v) is 9.76. The van der Waals surface area contributed by atoms with Gasteiger partial charge in [-0.05, 0) is 36.6 Å². The Balaban J connectivity index is 2.18. The van der Waals surface area contributed by atoms with Crippen LogP contribution >= 0.6 is 23.2 Å². The highest BCUT2D eigenvalue weighted by atomic mass is 35.5. The molecule has 2 N–H and O–H groups in total. The number of aromatic nitrogens is 2. The summed E-state index contributed by atoms with van der Waals surface area (Å²) in [5.74, 6) is 0.267. The third-order valence-corrected chi connectivity index (χ3v) is 2.61. The van der Waals surface area contributed by atoms with Crippen molar-refractivity contribution in [3.05, 3.63) is 34.4 Å². The third-order valence-electron chi connectivity index (χ3n) is 2.12. The molecule has 84 valence electrons. The number of anilines is 1. The number of nitrogens with one attached hydrogen (secondary N) is 1. The van der Waals surface area contributed by atoms with Crippen molar-refractivity contribution in [3.8, 4) is 5.75 Å². The number of hydrogen-bond acceptors (Lipinski definition) is 4. The fourth-order valence-electron chi connectivity index (χ4n) is 1.31. The van der Waals surface area contributed by atoms with E-state index >= 15 is 0 Å². The molecule has 0 amide bonds. The fourth-order valence-corrected chi connectivity index (χ4v) is 1.60. The van der Waals surface area contributed by atoms with Gasteiger partial charge in [0.15, 0.2) is 11.6 Å². The Bertz CT molecular complexity index is 471. The highest BCUT2D eigenvalue weighted by molar-refractivity contribution is 6.29. The predicted octanol–water partition coefficient (Wildman–Crippen LogP) is 3.05. The first-order chi connectivity index (χ1) is 7.65. The van der Waals surface area contributed by atoms with E-state index in [9.17, 15) is 5.11 Å². The summed E-state index contributed by atoms with van der Waals surface area (Å²) in [6, 6.07) is 0. The standard InChI is InChI=1S/C10H9Cl2N3O/c11-6-1-3-7(4-2-6)14-9-8(16)5-13-10(12)15-9/h1,3,5,16H,2,4H2,(H,13,14,15). The molecular weight excluding hydrogens is 249 g/mol. The Labute approximate surface area is 103 Å². The van der Waals surface area contributed by atoms with E-state index < -0.39 is 0 Å². The lowest BCUT2D eigenvalue weighted by Gasteiger charge is -2.13. The minimum absolute atomic E-state index is 0.0362. The first-order valence-corrected chi connectivity index (χ1v) is 5.44. The summed E-state index contributed by atoms with van der Waals surface area (Å²) in [6.07, 6.45) is 6.47. The first kappa shape index (κ1) is 11.2. The number of nitrogens with zero attached hydrogens (tertiary/aromatic N) is 2. The summed E-state index contributed by atoms with van der Waals surface area (Å²) in [4.78, 5) is 7.54. The predicted molar refractivity (Wildman–Crippen MR) is 63.6 cm³/mol. The summed E-state index contributed by atoms with van der Waals surface area (Å²) in [7, 11) is 0. The maximum atomic E-state index is 9.50. The molecule has 1 aromatic heterocycles. The van der Waals surface area contributed by atoms with Crippen LogP contribution in [0.25, 0.3) is 0 Å². The van der Waals surface area contributed by atoms with E-state index in [-0.39, 0.29) is 11.0 Å². The largest absolute Gasteiger partial charge is 0.503 e. The Kier molecular flexibility index (Phi) is 3.31. The Morgan fingerprint density at radius 3 is 2.75 bits per heavy atom. The molecule has 4 nitrogen and oxygen atoms in total. The molecule has 0 fully saturated rings. The third kappa shape index (κ3) is 2.65. The number of rotatable bonds is 2. The van der Waals surface area contributed by atoms with Crippen molar-refractivity contribution in [2.75, 3.05) is 5.32 Å². The van der Waals surface area contributed by atoms with Gasteiger partial charge >= 0.3 is 0 Å². The van der Waals surface area contributed by atoms with E-state index in [2.05, 4.69) is 15.3 Å². The SMILES string of the molecule is Oc1cnc(Cl)nc1NC1=CC=C(Cl)CC1. The number of aromatic hydroxyl groups is 1. The van der Waals surface area contributed by atoms with Crippen molar-refractivity contribution in [2.24, 2.45) is 0 Å². The minimum atomic E-state index is -0.0362. The van der Waals surface area contributed by atoms with E-state index in [1.54, 1.807) is 0 Å². The second kappa shape index (κ2) is 4.72.